The van der Waals surface area contributed by atoms with E-state index in [0.29, 0.717) is 0 Å². The monoisotopic (exact) mass is 337 g/mol. The van der Waals surface area contributed by atoms with Gasteiger partial charge in [-0.05, 0) is 25.7 Å². The number of carbonyl (C=O) groups is 1. The zero-order valence-corrected chi connectivity index (χ0v) is 11.2. The van der Waals surface area contributed by atoms with Crippen LogP contribution in [0.2, 0.25) is 0 Å². The summed E-state index contributed by atoms with van der Waals surface area (Å²) >= 11 is 1.52. The second kappa shape index (κ2) is 4.38. The van der Waals surface area contributed by atoms with Gasteiger partial charge in [0.2, 0.25) is 9.46 Å². The second-order valence-electron chi connectivity index (χ2n) is 4.14. The second-order valence-corrected chi connectivity index (χ2v) is 5.12. The fraction of sp³-hybridized carbons (Fsp3) is 0.700. The van der Waals surface area contributed by atoms with Gasteiger partial charge >= 0.3 is 0 Å². The van der Waals surface area contributed by atoms with Gasteiger partial charge < -0.3 is 0 Å². The van der Waals surface area contributed by atoms with Gasteiger partial charge in [0.25, 0.3) is 0 Å². The van der Waals surface area contributed by atoms with E-state index in [4.69, 9.17) is 0 Å². The van der Waals surface area contributed by atoms with Crippen molar-refractivity contribution in [2.45, 2.75) is 37.8 Å². The molecule has 0 saturated carbocycles. The Morgan fingerprint density at radius 1 is 1.50 bits per heavy atom. The average molecular weight is 337 g/mol. The van der Waals surface area contributed by atoms with Crippen LogP contribution in [-0.4, -0.2) is 18.8 Å². The molecule has 0 spiro atoms. The molecule has 1 unspecified atom stereocenters. The molecule has 1 aromatic rings. The van der Waals surface area contributed by atoms with Gasteiger partial charge in [-0.3, -0.25) is 9.48 Å². The van der Waals surface area contributed by atoms with Crippen LogP contribution in [0.4, 0.5) is 4.39 Å². The number of halogens is 2. The Kier molecular flexibility index (Phi) is 3.27. The summed E-state index contributed by atoms with van der Waals surface area (Å²) in [5.74, 6) is 0. The van der Waals surface area contributed by atoms with E-state index in [-0.39, 0.29) is 12.1 Å². The van der Waals surface area contributed by atoms with Gasteiger partial charge in [0.05, 0.1) is 5.69 Å². The third kappa shape index (κ3) is 1.87. The van der Waals surface area contributed by atoms with Gasteiger partial charge in [-0.25, -0.2) is 4.39 Å². The molecule has 1 aliphatic carbocycles. The zero-order chi connectivity index (χ0) is 11.8. The van der Waals surface area contributed by atoms with E-state index in [0.717, 1.165) is 31.4 Å². The third-order valence-corrected chi connectivity index (χ3v) is 3.92. The van der Waals surface area contributed by atoms with Crippen LogP contribution >= 0.6 is 22.6 Å². The van der Waals surface area contributed by atoms with E-state index in [1.807, 2.05) is 0 Å². The highest BCUT2D eigenvalue weighted by atomic mass is 127. The molecule has 0 bridgehead atoms. The number of aryl methyl sites for hydroxylation is 1. The van der Waals surface area contributed by atoms with E-state index in [1.165, 1.54) is 22.6 Å². The van der Waals surface area contributed by atoms with Crippen molar-refractivity contribution in [3.05, 3.63) is 11.4 Å². The van der Waals surface area contributed by atoms with Gasteiger partial charge in [0.1, 0.15) is 5.69 Å². The van der Waals surface area contributed by atoms with Crippen LogP contribution in [0.3, 0.4) is 0 Å². The van der Waals surface area contributed by atoms with E-state index in [2.05, 4.69) is 10.3 Å². The maximum absolute atomic E-state index is 14.7. The van der Waals surface area contributed by atoms with Crippen molar-refractivity contribution in [3.8, 4) is 0 Å². The molecule has 1 aliphatic rings. The van der Waals surface area contributed by atoms with Crippen molar-refractivity contribution in [2.24, 2.45) is 7.05 Å². The predicted octanol–water partition coefficient (Wildman–Crippen LogP) is 2.06. The van der Waals surface area contributed by atoms with Gasteiger partial charge in [0, 0.05) is 29.6 Å². The van der Waals surface area contributed by atoms with Crippen molar-refractivity contribution < 1.29 is 9.18 Å². The summed E-state index contributed by atoms with van der Waals surface area (Å²) in [6.07, 6.45) is 3.64. The normalized spacial score (nSPS) is 25.7. The Bertz CT molecular complexity index is 420. The summed E-state index contributed by atoms with van der Waals surface area (Å²) in [6, 6.07) is 0. The van der Waals surface area contributed by atoms with Crippen LogP contribution in [0.25, 0.3) is 0 Å². The summed E-state index contributed by atoms with van der Waals surface area (Å²) in [5.41, 5.74) is -0.953. The molecule has 0 aliphatic heterocycles. The number of alkyl halides is 1. The highest BCUT2D eigenvalue weighted by molar-refractivity contribution is 14.1. The number of hydrogen-bond donors (Lipinski definition) is 0. The maximum atomic E-state index is 14.7. The summed E-state index contributed by atoms with van der Waals surface area (Å²) in [7, 11) is 1.74. The first-order valence-corrected chi connectivity index (χ1v) is 6.41. The molecule has 4 nitrogen and oxygen atoms in total. The minimum absolute atomic E-state index is 0.223. The zero-order valence-electron chi connectivity index (χ0n) is 9.04. The van der Waals surface area contributed by atoms with Gasteiger partial charge in [-0.2, -0.15) is 0 Å². The molecular weight excluding hydrogens is 324 g/mol. The van der Waals surface area contributed by atoms with Crippen LogP contribution in [-0.2, 0) is 23.9 Å². The molecule has 88 valence electrons. The quantitative estimate of drug-likeness (QED) is 0.582. The van der Waals surface area contributed by atoms with Crippen molar-refractivity contribution in [2.75, 3.05) is 0 Å². The fourth-order valence-corrected chi connectivity index (χ4v) is 2.64. The number of aromatic nitrogens is 3. The Labute approximate surface area is 107 Å². The summed E-state index contributed by atoms with van der Waals surface area (Å²) < 4.78 is 15.8. The number of hydrogen-bond acceptors (Lipinski definition) is 3. The number of nitrogens with zero attached hydrogens (tertiary/aromatic N) is 3. The van der Waals surface area contributed by atoms with E-state index >= 15 is 0 Å². The number of carbonyl (C=O) groups excluding carboxylic acids is 1. The third-order valence-electron chi connectivity index (χ3n) is 3.06. The first kappa shape index (κ1) is 11.9. The molecule has 1 aromatic heterocycles. The van der Waals surface area contributed by atoms with Crippen LogP contribution in [0.5, 0.6) is 0 Å². The molecule has 0 fully saturated rings. The molecule has 0 N–H and O–H groups in total. The lowest BCUT2D eigenvalue weighted by atomic mass is 9.90. The topological polar surface area (TPSA) is 47.8 Å². The Balaban J connectivity index is 2.52. The van der Waals surface area contributed by atoms with Crippen molar-refractivity contribution in [1.29, 1.82) is 0 Å². The minimum Gasteiger partial charge on any atom is -0.284 e. The molecule has 16 heavy (non-hydrogen) atoms. The van der Waals surface area contributed by atoms with Gasteiger partial charge in [-0.15, -0.1) is 5.10 Å². The summed E-state index contributed by atoms with van der Waals surface area (Å²) in [5, 5.41) is 7.68. The van der Waals surface area contributed by atoms with Crippen molar-refractivity contribution in [1.82, 2.24) is 15.0 Å². The van der Waals surface area contributed by atoms with Crippen molar-refractivity contribution >= 4 is 26.4 Å². The summed E-state index contributed by atoms with van der Waals surface area (Å²) in [6.45, 7) is 0. The van der Waals surface area contributed by atoms with E-state index < -0.39 is 9.46 Å². The first-order chi connectivity index (χ1) is 7.55. The van der Waals surface area contributed by atoms with E-state index in [9.17, 15) is 9.18 Å². The van der Waals surface area contributed by atoms with Gasteiger partial charge in [-0.1, -0.05) is 11.6 Å². The van der Waals surface area contributed by atoms with Crippen molar-refractivity contribution in [3.63, 3.8) is 0 Å². The number of rotatable bonds is 1. The Morgan fingerprint density at radius 2 is 2.25 bits per heavy atom. The Morgan fingerprint density at radius 3 is 2.94 bits per heavy atom. The largest absolute Gasteiger partial charge is 0.284 e. The maximum Gasteiger partial charge on any atom is 0.235 e. The lowest BCUT2D eigenvalue weighted by Crippen LogP contribution is -2.30. The fourth-order valence-electron chi connectivity index (χ4n) is 2.11. The molecular formula is C10H13FIN3O. The van der Waals surface area contributed by atoms with Crippen LogP contribution in [0.15, 0.2) is 0 Å². The molecule has 2 rings (SSSR count). The highest BCUT2D eigenvalue weighted by Crippen LogP contribution is 2.37. The average Bonchev–Trinajstić information content (AvgIpc) is 2.56. The van der Waals surface area contributed by atoms with Crippen LogP contribution in [0.1, 0.15) is 37.1 Å². The summed E-state index contributed by atoms with van der Waals surface area (Å²) in [4.78, 5) is 11.5. The molecule has 1 heterocycles. The molecule has 0 radical (unpaired) electrons. The first-order valence-electron chi connectivity index (χ1n) is 5.33. The highest BCUT2D eigenvalue weighted by Gasteiger charge is 2.43. The standard InChI is InChI=1S/C10H13FIN3O/c1-15-7-5-3-2-4-6-10(11,9(12)16)8(7)13-14-15/h2-6H2,1H3. The molecule has 1 atom stereocenters. The van der Waals surface area contributed by atoms with E-state index in [1.54, 1.807) is 11.7 Å². The SMILES string of the molecule is Cn1nnc2c1CCCCCC2(F)C(=O)I. The Hall–Kier alpha value is -0.530. The molecule has 0 aromatic carbocycles. The predicted molar refractivity (Wildman–Crippen MR) is 65.0 cm³/mol. The lowest BCUT2D eigenvalue weighted by molar-refractivity contribution is -0.121. The number of fused-ring (bicyclic) bond motifs is 1. The van der Waals surface area contributed by atoms with Crippen LogP contribution < -0.4 is 0 Å². The minimum atomic E-state index is -1.94. The lowest BCUT2D eigenvalue weighted by Gasteiger charge is -2.22. The molecule has 0 amide bonds. The smallest absolute Gasteiger partial charge is 0.235 e. The van der Waals surface area contributed by atoms with Gasteiger partial charge in [0.15, 0.2) is 0 Å². The molecule has 0 saturated heterocycles. The molecule has 6 heteroatoms. The van der Waals surface area contributed by atoms with Crippen LogP contribution in [0, 0.1) is 0 Å².